The second-order valence-corrected chi connectivity index (χ2v) is 16.3. The number of carbonyl (C=O) groups is 1. The summed E-state index contributed by atoms with van der Waals surface area (Å²) in [6.45, 7) is 11.6. The number of esters is 1. The minimum atomic E-state index is -1.43. The van der Waals surface area contributed by atoms with Crippen molar-refractivity contribution < 1.29 is 14.0 Å². The predicted octanol–water partition coefficient (Wildman–Crippen LogP) is 5.79. The molecule has 0 amide bonds. The molecule has 5 fully saturated rings. The summed E-state index contributed by atoms with van der Waals surface area (Å²) in [6.07, 6.45) is 11.2. The lowest BCUT2D eigenvalue weighted by atomic mass is 9.43. The topological polar surface area (TPSA) is 35.5 Å². The Bertz CT molecular complexity index is 662. The smallest absolute Gasteiger partial charge is 0.302 e. The van der Waals surface area contributed by atoms with E-state index in [0.29, 0.717) is 11.5 Å². The van der Waals surface area contributed by atoms with E-state index in [1.165, 1.54) is 51.0 Å². The van der Waals surface area contributed by atoms with Gasteiger partial charge in [0.15, 0.2) is 8.32 Å². The molecule has 1 aliphatic heterocycles. The van der Waals surface area contributed by atoms with Crippen LogP contribution in [0.25, 0.3) is 0 Å². The monoisotopic (exact) mass is 404 g/mol. The van der Waals surface area contributed by atoms with E-state index in [0.717, 1.165) is 36.0 Å². The van der Waals surface area contributed by atoms with Crippen LogP contribution in [0.3, 0.4) is 0 Å². The number of hydrogen-bond acceptors (Lipinski definition) is 3. The van der Waals surface area contributed by atoms with Gasteiger partial charge in [0.05, 0.1) is 0 Å². The maximum atomic E-state index is 11.7. The molecule has 4 aliphatic carbocycles. The van der Waals surface area contributed by atoms with E-state index in [1.807, 2.05) is 0 Å². The van der Waals surface area contributed by atoms with Crippen molar-refractivity contribution in [2.75, 3.05) is 0 Å². The Morgan fingerprint density at radius 3 is 2.29 bits per heavy atom. The van der Waals surface area contributed by atoms with Crippen molar-refractivity contribution in [3.05, 3.63) is 0 Å². The molecule has 158 valence electrons. The van der Waals surface area contributed by atoms with E-state index in [1.54, 1.807) is 6.92 Å². The highest BCUT2D eigenvalue weighted by molar-refractivity contribution is 6.71. The number of ether oxygens (including phenoxy) is 1. The SMILES string of the molecule is CC(=O)O[C@H]1CC[C@H]2[C@@H]3CCC4C5C[Si](C)(C)O[C@H]5CC[C@]4(C)[C@H]3CC[C@]12C. The van der Waals surface area contributed by atoms with Gasteiger partial charge in [-0.1, -0.05) is 13.8 Å². The molecule has 9 atom stereocenters. The zero-order valence-electron chi connectivity index (χ0n) is 18.6. The fraction of sp³-hybridized carbons (Fsp3) is 0.958. The zero-order chi connectivity index (χ0) is 19.9. The lowest BCUT2D eigenvalue weighted by Gasteiger charge is -2.62. The van der Waals surface area contributed by atoms with Gasteiger partial charge in [-0.05, 0) is 106 Å². The molecule has 3 nitrogen and oxygen atoms in total. The summed E-state index contributed by atoms with van der Waals surface area (Å²) in [6, 6.07) is 1.39. The average Bonchev–Trinajstić information content (AvgIpc) is 3.09. The Morgan fingerprint density at radius 2 is 1.54 bits per heavy atom. The van der Waals surface area contributed by atoms with E-state index >= 15 is 0 Å². The second-order valence-electron chi connectivity index (χ2n) is 12.1. The van der Waals surface area contributed by atoms with Crippen LogP contribution in [0.5, 0.6) is 0 Å². The van der Waals surface area contributed by atoms with E-state index in [2.05, 4.69) is 26.9 Å². The molecule has 0 aromatic rings. The maximum Gasteiger partial charge on any atom is 0.302 e. The summed E-state index contributed by atoms with van der Waals surface area (Å²) in [5.74, 6) is 4.13. The summed E-state index contributed by atoms with van der Waals surface area (Å²) in [7, 11) is -1.43. The zero-order valence-corrected chi connectivity index (χ0v) is 19.6. The van der Waals surface area contributed by atoms with Crippen LogP contribution in [0.1, 0.15) is 72.1 Å². The third-order valence-corrected chi connectivity index (χ3v) is 12.7. The van der Waals surface area contributed by atoms with Gasteiger partial charge in [-0.2, -0.15) is 0 Å². The van der Waals surface area contributed by atoms with E-state index in [4.69, 9.17) is 9.16 Å². The van der Waals surface area contributed by atoms with Crippen LogP contribution in [-0.2, 0) is 14.0 Å². The van der Waals surface area contributed by atoms with Gasteiger partial charge in [-0.3, -0.25) is 4.79 Å². The molecule has 4 heteroatoms. The summed E-state index contributed by atoms with van der Waals surface area (Å²) in [5, 5.41) is 0. The van der Waals surface area contributed by atoms with Crippen LogP contribution in [0.4, 0.5) is 0 Å². The van der Waals surface area contributed by atoms with Gasteiger partial charge in [0, 0.05) is 18.4 Å². The molecule has 0 aromatic heterocycles. The van der Waals surface area contributed by atoms with Gasteiger partial charge in [0.2, 0.25) is 0 Å². The van der Waals surface area contributed by atoms with Crippen LogP contribution >= 0.6 is 0 Å². The molecule has 1 saturated heterocycles. The minimum Gasteiger partial charge on any atom is -0.462 e. The molecular formula is C24H40O3Si. The van der Waals surface area contributed by atoms with Gasteiger partial charge in [0.25, 0.3) is 0 Å². The maximum absolute atomic E-state index is 11.7. The quantitative estimate of drug-likeness (QED) is 0.410. The van der Waals surface area contributed by atoms with E-state index in [9.17, 15) is 4.79 Å². The molecule has 0 N–H and O–H groups in total. The highest BCUT2D eigenvalue weighted by Gasteiger charge is 2.63. The number of rotatable bonds is 1. The average molecular weight is 405 g/mol. The van der Waals surface area contributed by atoms with Crippen LogP contribution in [0.2, 0.25) is 19.1 Å². The first kappa shape index (κ1) is 19.6. The Morgan fingerprint density at radius 1 is 0.893 bits per heavy atom. The predicted molar refractivity (Wildman–Crippen MR) is 113 cm³/mol. The number of hydrogen-bond donors (Lipinski definition) is 0. The van der Waals surface area contributed by atoms with Gasteiger partial charge < -0.3 is 9.16 Å². The van der Waals surface area contributed by atoms with Crippen molar-refractivity contribution in [1.29, 1.82) is 0 Å². The third kappa shape index (κ3) is 2.72. The molecule has 5 aliphatic rings. The van der Waals surface area contributed by atoms with E-state index < -0.39 is 8.32 Å². The van der Waals surface area contributed by atoms with Crippen molar-refractivity contribution in [3.8, 4) is 0 Å². The number of carbonyl (C=O) groups excluding carboxylic acids is 1. The lowest BCUT2D eigenvalue weighted by Crippen LogP contribution is -2.56. The van der Waals surface area contributed by atoms with Gasteiger partial charge in [-0.25, -0.2) is 0 Å². The number of fused-ring (bicyclic) bond motifs is 7. The summed E-state index contributed by atoms with van der Waals surface area (Å²) >= 11 is 0. The standard InChI is InChI=1S/C24H40O3Si/c1-15(25)26-22-9-8-18-16-6-7-19-17-14-28(4,5)27-21(17)11-13-23(19,2)20(16)10-12-24(18,22)3/h16-22H,6-14H2,1-5H3/t16-,17?,18-,19?,20-,21-,22-,23-,24-/m0/s1. The molecule has 0 aromatic carbocycles. The van der Waals surface area contributed by atoms with Gasteiger partial charge >= 0.3 is 5.97 Å². The fourth-order valence-corrected chi connectivity index (χ4v) is 12.2. The first-order chi connectivity index (χ1) is 13.1. The highest BCUT2D eigenvalue weighted by Crippen LogP contribution is 2.68. The fourth-order valence-electron chi connectivity index (χ4n) is 9.28. The Balaban J connectivity index is 1.40. The molecule has 28 heavy (non-hydrogen) atoms. The molecule has 0 radical (unpaired) electrons. The normalized spacial score (nSPS) is 54.2. The van der Waals surface area contributed by atoms with Crippen LogP contribution in [0.15, 0.2) is 0 Å². The van der Waals surface area contributed by atoms with Gasteiger partial charge in [0.1, 0.15) is 6.10 Å². The van der Waals surface area contributed by atoms with Crippen molar-refractivity contribution in [2.45, 2.75) is 103 Å². The Labute approximate surface area is 172 Å². The Kier molecular flexibility index (Phi) is 4.43. The molecule has 0 bridgehead atoms. The molecule has 2 unspecified atom stereocenters. The van der Waals surface area contributed by atoms with Crippen LogP contribution in [-0.4, -0.2) is 26.5 Å². The third-order valence-electron chi connectivity index (χ3n) is 10.3. The lowest BCUT2D eigenvalue weighted by molar-refractivity contribution is -0.165. The molecule has 1 heterocycles. The molecule has 4 saturated carbocycles. The largest absolute Gasteiger partial charge is 0.462 e. The summed E-state index contributed by atoms with van der Waals surface area (Å²) < 4.78 is 12.4. The Hall–Kier alpha value is -0.353. The first-order valence-electron chi connectivity index (χ1n) is 12.0. The van der Waals surface area contributed by atoms with Crippen LogP contribution < -0.4 is 0 Å². The van der Waals surface area contributed by atoms with Crippen molar-refractivity contribution in [2.24, 2.45) is 40.4 Å². The summed E-state index contributed by atoms with van der Waals surface area (Å²) in [4.78, 5) is 11.7. The molecular weight excluding hydrogens is 364 g/mol. The van der Waals surface area contributed by atoms with Crippen molar-refractivity contribution in [1.82, 2.24) is 0 Å². The highest BCUT2D eigenvalue weighted by atomic mass is 28.4. The van der Waals surface area contributed by atoms with Gasteiger partial charge in [-0.15, -0.1) is 0 Å². The first-order valence-corrected chi connectivity index (χ1v) is 15.1. The van der Waals surface area contributed by atoms with Crippen LogP contribution in [0, 0.1) is 40.4 Å². The minimum absolute atomic E-state index is 0.0870. The van der Waals surface area contributed by atoms with Crippen molar-refractivity contribution >= 4 is 14.3 Å². The molecule has 0 spiro atoms. The summed E-state index contributed by atoms with van der Waals surface area (Å²) in [5.41, 5.74) is 0.738. The second kappa shape index (κ2) is 6.32. The van der Waals surface area contributed by atoms with Crippen molar-refractivity contribution in [3.63, 3.8) is 0 Å². The van der Waals surface area contributed by atoms with E-state index in [-0.39, 0.29) is 17.5 Å². The molecule has 5 rings (SSSR count).